The van der Waals surface area contributed by atoms with E-state index in [1.165, 1.54) is 0 Å². The number of hydrogen-bond donors (Lipinski definition) is 1. The maximum absolute atomic E-state index is 12.0. The standard InChI is InChI=1S/C8H5F3N2O5/c1-3-4(18-8(9,10)11)2-12-5(7(14)15)6(3)13(16)17/h2H,1H3,(H,14,15). The molecule has 0 aromatic carbocycles. The number of carboxylic acid groups (broad SMARTS) is 1. The van der Waals surface area contributed by atoms with Crippen molar-refractivity contribution in [3.63, 3.8) is 0 Å². The summed E-state index contributed by atoms with van der Waals surface area (Å²) in [7, 11) is 0. The highest BCUT2D eigenvalue weighted by atomic mass is 19.4. The Balaban J connectivity index is 3.40. The number of pyridine rings is 1. The minimum atomic E-state index is -5.05. The van der Waals surface area contributed by atoms with Crippen molar-refractivity contribution in [1.29, 1.82) is 0 Å². The van der Waals surface area contributed by atoms with E-state index in [1.807, 2.05) is 0 Å². The minimum Gasteiger partial charge on any atom is -0.476 e. The smallest absolute Gasteiger partial charge is 0.476 e. The van der Waals surface area contributed by atoms with E-state index in [0.717, 1.165) is 6.92 Å². The van der Waals surface area contributed by atoms with Crippen LogP contribution in [0.25, 0.3) is 0 Å². The maximum atomic E-state index is 12.0. The summed E-state index contributed by atoms with van der Waals surface area (Å²) in [6.45, 7) is 0.938. The number of alkyl halides is 3. The van der Waals surface area contributed by atoms with Gasteiger partial charge in [-0.25, -0.2) is 9.78 Å². The largest absolute Gasteiger partial charge is 0.573 e. The Morgan fingerprint density at radius 2 is 2.11 bits per heavy atom. The maximum Gasteiger partial charge on any atom is 0.573 e. The molecule has 1 N–H and O–H groups in total. The molecule has 0 saturated carbocycles. The average molecular weight is 266 g/mol. The summed E-state index contributed by atoms with van der Waals surface area (Å²) in [6, 6.07) is 0. The number of aromatic nitrogens is 1. The highest BCUT2D eigenvalue weighted by molar-refractivity contribution is 5.91. The molecule has 0 atom stereocenters. The normalized spacial score (nSPS) is 11.1. The van der Waals surface area contributed by atoms with Gasteiger partial charge in [0.2, 0.25) is 5.69 Å². The van der Waals surface area contributed by atoms with Crippen LogP contribution in [0.5, 0.6) is 5.75 Å². The number of aromatic carboxylic acids is 1. The topological polar surface area (TPSA) is 103 Å². The predicted octanol–water partition coefficient (Wildman–Crippen LogP) is 1.90. The summed E-state index contributed by atoms with van der Waals surface area (Å²) in [5.74, 6) is -2.64. The summed E-state index contributed by atoms with van der Waals surface area (Å²) in [5.41, 5.74) is -2.55. The molecule has 0 spiro atoms. The molecule has 0 aliphatic carbocycles. The van der Waals surface area contributed by atoms with Crippen LogP contribution in [0.1, 0.15) is 16.1 Å². The van der Waals surface area contributed by atoms with E-state index in [9.17, 15) is 28.1 Å². The Bertz CT molecular complexity index is 514. The lowest BCUT2D eigenvalue weighted by molar-refractivity contribution is -0.386. The van der Waals surface area contributed by atoms with Gasteiger partial charge >= 0.3 is 18.0 Å². The van der Waals surface area contributed by atoms with E-state index in [4.69, 9.17) is 5.11 Å². The van der Waals surface area contributed by atoms with Crippen LogP contribution in [-0.4, -0.2) is 27.3 Å². The molecule has 0 bridgehead atoms. The van der Waals surface area contributed by atoms with Crippen LogP contribution in [0.2, 0.25) is 0 Å². The molecule has 0 aliphatic rings. The van der Waals surface area contributed by atoms with Crippen molar-refractivity contribution in [2.24, 2.45) is 0 Å². The molecular weight excluding hydrogens is 261 g/mol. The van der Waals surface area contributed by atoms with E-state index in [0.29, 0.717) is 6.20 Å². The molecule has 0 aliphatic heterocycles. The van der Waals surface area contributed by atoms with Crippen LogP contribution in [0, 0.1) is 17.0 Å². The number of rotatable bonds is 3. The number of halogens is 3. The van der Waals surface area contributed by atoms with E-state index in [2.05, 4.69) is 9.72 Å². The van der Waals surface area contributed by atoms with Gasteiger partial charge in [-0.15, -0.1) is 13.2 Å². The van der Waals surface area contributed by atoms with Gasteiger partial charge in [0.1, 0.15) is 0 Å². The van der Waals surface area contributed by atoms with Crippen molar-refractivity contribution in [2.75, 3.05) is 0 Å². The Kier molecular flexibility index (Phi) is 3.39. The lowest BCUT2D eigenvalue weighted by atomic mass is 10.2. The SMILES string of the molecule is Cc1c(OC(F)(F)F)cnc(C(=O)O)c1[N+](=O)[O-]. The highest BCUT2D eigenvalue weighted by Gasteiger charge is 2.35. The third-order valence-corrected chi connectivity index (χ3v) is 1.87. The van der Waals surface area contributed by atoms with E-state index < -0.39 is 39.9 Å². The van der Waals surface area contributed by atoms with Gasteiger partial charge in [-0.2, -0.15) is 0 Å². The van der Waals surface area contributed by atoms with E-state index in [-0.39, 0.29) is 0 Å². The minimum absolute atomic E-state index is 0.472. The van der Waals surface area contributed by atoms with Crippen molar-refractivity contribution in [3.05, 3.63) is 27.6 Å². The molecule has 1 aromatic heterocycles. The van der Waals surface area contributed by atoms with Crippen molar-refractivity contribution >= 4 is 11.7 Å². The van der Waals surface area contributed by atoms with Gasteiger partial charge < -0.3 is 9.84 Å². The Labute approximate surface area is 97.0 Å². The van der Waals surface area contributed by atoms with Crippen LogP contribution in [0.4, 0.5) is 18.9 Å². The molecule has 0 saturated heterocycles. The first-order chi connectivity index (χ1) is 8.13. The Morgan fingerprint density at radius 1 is 1.56 bits per heavy atom. The molecule has 1 aromatic rings. The molecule has 7 nitrogen and oxygen atoms in total. The van der Waals surface area contributed by atoms with Gasteiger partial charge in [-0.3, -0.25) is 10.1 Å². The molecule has 98 valence electrons. The zero-order valence-electron chi connectivity index (χ0n) is 8.69. The second-order valence-electron chi connectivity index (χ2n) is 3.05. The highest BCUT2D eigenvalue weighted by Crippen LogP contribution is 2.32. The van der Waals surface area contributed by atoms with Crippen molar-refractivity contribution in [1.82, 2.24) is 4.98 Å². The van der Waals surface area contributed by atoms with Crippen molar-refractivity contribution in [2.45, 2.75) is 13.3 Å². The summed E-state index contributed by atoms with van der Waals surface area (Å²) in [6.07, 6.45) is -4.58. The number of carboxylic acids is 1. The first-order valence-electron chi connectivity index (χ1n) is 4.26. The first-order valence-corrected chi connectivity index (χ1v) is 4.26. The second kappa shape index (κ2) is 4.47. The summed E-state index contributed by atoms with van der Waals surface area (Å²) in [5, 5.41) is 19.3. The Hall–Kier alpha value is -2.39. The average Bonchev–Trinajstić information content (AvgIpc) is 2.17. The van der Waals surface area contributed by atoms with Crippen molar-refractivity contribution in [3.8, 4) is 5.75 Å². The molecule has 18 heavy (non-hydrogen) atoms. The number of hydrogen-bond acceptors (Lipinski definition) is 5. The fourth-order valence-corrected chi connectivity index (χ4v) is 1.18. The van der Waals surface area contributed by atoms with Crippen LogP contribution in [-0.2, 0) is 0 Å². The molecule has 0 fully saturated rings. The van der Waals surface area contributed by atoms with Gasteiger partial charge in [0.15, 0.2) is 5.75 Å². The molecule has 10 heteroatoms. The molecule has 0 radical (unpaired) electrons. The molecule has 1 heterocycles. The van der Waals surface area contributed by atoms with Gasteiger partial charge in [-0.1, -0.05) is 0 Å². The van der Waals surface area contributed by atoms with Crippen LogP contribution < -0.4 is 4.74 Å². The van der Waals surface area contributed by atoms with Crippen LogP contribution in [0.3, 0.4) is 0 Å². The van der Waals surface area contributed by atoms with Gasteiger partial charge in [0.05, 0.1) is 16.7 Å². The molecule has 0 unspecified atom stereocenters. The number of nitro groups is 1. The third kappa shape index (κ3) is 2.84. The van der Waals surface area contributed by atoms with Crippen molar-refractivity contribution < 1.29 is 32.7 Å². The van der Waals surface area contributed by atoms with E-state index in [1.54, 1.807) is 0 Å². The lowest BCUT2D eigenvalue weighted by Gasteiger charge is -2.11. The summed E-state index contributed by atoms with van der Waals surface area (Å²) >= 11 is 0. The zero-order valence-corrected chi connectivity index (χ0v) is 8.69. The lowest BCUT2D eigenvalue weighted by Crippen LogP contribution is -2.19. The fourth-order valence-electron chi connectivity index (χ4n) is 1.18. The number of nitrogens with zero attached hydrogens (tertiary/aromatic N) is 2. The molecular formula is C8H5F3N2O5. The second-order valence-corrected chi connectivity index (χ2v) is 3.05. The summed E-state index contributed by atoms with van der Waals surface area (Å²) in [4.78, 5) is 23.2. The number of carbonyl (C=O) groups is 1. The van der Waals surface area contributed by atoms with Gasteiger partial charge in [-0.05, 0) is 6.92 Å². The summed E-state index contributed by atoms with van der Waals surface area (Å²) < 4.78 is 39.4. The molecule has 1 rings (SSSR count). The predicted molar refractivity (Wildman–Crippen MR) is 49.3 cm³/mol. The first kappa shape index (κ1) is 13.7. The fraction of sp³-hybridized carbons (Fsp3) is 0.250. The Morgan fingerprint density at radius 3 is 2.50 bits per heavy atom. The van der Waals surface area contributed by atoms with Gasteiger partial charge in [0, 0.05) is 0 Å². The third-order valence-electron chi connectivity index (χ3n) is 1.87. The number of ether oxygens (including phenoxy) is 1. The van der Waals surface area contributed by atoms with Crippen LogP contribution >= 0.6 is 0 Å². The van der Waals surface area contributed by atoms with Gasteiger partial charge in [0.25, 0.3) is 0 Å². The molecule has 0 amide bonds. The quantitative estimate of drug-likeness (QED) is 0.662. The van der Waals surface area contributed by atoms with Crippen LogP contribution in [0.15, 0.2) is 6.20 Å². The van der Waals surface area contributed by atoms with E-state index >= 15 is 0 Å². The zero-order chi connectivity index (χ0) is 14.1. The monoisotopic (exact) mass is 266 g/mol.